The molecular formula is C50H64F3N9O7S. The molecule has 10 rings (SSSR count). The molecule has 1 saturated carbocycles. The Hall–Kier alpha value is -4.73. The van der Waals surface area contributed by atoms with Crippen molar-refractivity contribution < 1.29 is 46.6 Å². The van der Waals surface area contributed by atoms with Gasteiger partial charge in [0, 0.05) is 78.8 Å². The summed E-state index contributed by atoms with van der Waals surface area (Å²) in [4.78, 5) is 70.4. The van der Waals surface area contributed by atoms with Gasteiger partial charge in [-0.1, -0.05) is 32.8 Å². The highest BCUT2D eigenvalue weighted by Crippen LogP contribution is 2.43. The molecule has 6 aliphatic heterocycles. The third-order valence-electron chi connectivity index (χ3n) is 15.2. The number of benzene rings is 1. The van der Waals surface area contributed by atoms with Crippen molar-refractivity contribution in [3.63, 3.8) is 0 Å². The summed E-state index contributed by atoms with van der Waals surface area (Å²) in [6.45, 7) is 7.76. The summed E-state index contributed by atoms with van der Waals surface area (Å²) in [5.74, 6) is -1.07. The highest BCUT2D eigenvalue weighted by molar-refractivity contribution is 7.10. The summed E-state index contributed by atoms with van der Waals surface area (Å²) < 4.78 is 63.6. The first-order valence-electron chi connectivity index (χ1n) is 24.9. The Morgan fingerprint density at radius 1 is 1.09 bits per heavy atom. The number of hydrazine groups is 1. The number of alkyl halides is 3. The zero-order chi connectivity index (χ0) is 49.1. The fraction of sp³-hybridized carbons (Fsp3) is 0.640. The average molecular weight is 992 g/mol. The van der Waals surface area contributed by atoms with E-state index in [1.807, 2.05) is 37.1 Å². The zero-order valence-electron chi connectivity index (χ0n) is 40.4. The van der Waals surface area contributed by atoms with Gasteiger partial charge in [-0.05, 0) is 75.5 Å². The monoisotopic (exact) mass is 991 g/mol. The number of rotatable bonds is 9. The van der Waals surface area contributed by atoms with Crippen molar-refractivity contribution in [2.45, 2.75) is 134 Å². The smallest absolute Gasteiger partial charge is 0.406 e. The maximum absolute atomic E-state index is 15.0. The summed E-state index contributed by atoms with van der Waals surface area (Å²) in [5.41, 5.74) is 5.85. The van der Waals surface area contributed by atoms with E-state index in [0.717, 1.165) is 25.7 Å². The van der Waals surface area contributed by atoms with E-state index >= 15 is 0 Å². The highest BCUT2D eigenvalue weighted by atomic mass is 32.1. The van der Waals surface area contributed by atoms with Crippen molar-refractivity contribution in [3.05, 3.63) is 45.5 Å². The van der Waals surface area contributed by atoms with E-state index in [1.54, 1.807) is 25.5 Å². The molecule has 7 aliphatic rings. The standard InChI is InChI=1S/C50H64F3N9O7S/c1-29(67-4)41-32(11-7-15-54-41)43-34-21-48(2,3)28-68-47(66)35-12-8-16-62(58-35)46(65)36(20-40-56-38(23-70-40)31-13-14-39(33(34)19-31)61(43)27-50(51,52)53)57-44(63)42(30-9-5-6-10-30)59-17-18-69-49(24-59)25-60(26-49)45(64)37-22-55-37/h13-15,19,23,29-30,35-37,42,55,58H,5-12,16-18,20-22,24-28H2,1-4H3,(H,57,63)/t29-,35-,36-,37+,42-/m0/s1. The van der Waals surface area contributed by atoms with Gasteiger partial charge in [-0.3, -0.25) is 34.1 Å². The molecular weight excluding hydrogens is 928 g/mol. The third-order valence-corrected chi connectivity index (χ3v) is 16.1. The van der Waals surface area contributed by atoms with Crippen molar-refractivity contribution in [2.75, 3.05) is 59.6 Å². The van der Waals surface area contributed by atoms with Crippen LogP contribution in [0.4, 0.5) is 13.2 Å². The van der Waals surface area contributed by atoms with E-state index in [2.05, 4.69) is 26.0 Å². The minimum atomic E-state index is -4.55. The number of methoxy groups -OCH3 is 1. The first kappa shape index (κ1) is 48.9. The Morgan fingerprint density at radius 2 is 1.87 bits per heavy atom. The van der Waals surface area contributed by atoms with Crippen LogP contribution in [0.3, 0.4) is 0 Å². The van der Waals surface area contributed by atoms with Crippen LogP contribution in [0.5, 0.6) is 0 Å². The lowest BCUT2D eigenvalue weighted by Gasteiger charge is -2.55. The number of allylic oxidation sites excluding steroid dienone is 1. The Labute approximate surface area is 409 Å². The minimum absolute atomic E-state index is 0.0485. The number of ether oxygens (including phenoxy) is 3. The molecule has 0 radical (unpaired) electrons. The Balaban J connectivity index is 1.01. The van der Waals surface area contributed by atoms with Gasteiger partial charge in [0.2, 0.25) is 11.8 Å². The molecule has 70 heavy (non-hydrogen) atoms. The van der Waals surface area contributed by atoms with Crippen molar-refractivity contribution in [1.29, 1.82) is 0 Å². The van der Waals surface area contributed by atoms with Crippen molar-refractivity contribution in [3.8, 4) is 11.3 Å². The third kappa shape index (κ3) is 10.0. The van der Waals surface area contributed by atoms with Crippen molar-refractivity contribution in [2.24, 2.45) is 16.3 Å². The van der Waals surface area contributed by atoms with E-state index in [-0.39, 0.29) is 43.2 Å². The number of carbonyl (C=O) groups excluding carboxylic acids is 4. The molecule has 1 aliphatic carbocycles. The summed E-state index contributed by atoms with van der Waals surface area (Å²) in [5, 5.41) is 10.8. The molecule has 0 unspecified atom stereocenters. The lowest BCUT2D eigenvalue weighted by atomic mass is 9.83. The molecule has 8 heterocycles. The molecule has 6 bridgehead atoms. The molecule has 5 atom stereocenters. The fourth-order valence-electron chi connectivity index (χ4n) is 11.6. The van der Waals surface area contributed by atoms with Gasteiger partial charge in [-0.15, -0.1) is 11.3 Å². The molecule has 5 fully saturated rings. The van der Waals surface area contributed by atoms with Crippen LogP contribution in [-0.4, -0.2) is 156 Å². The van der Waals surface area contributed by atoms with Crippen LogP contribution in [0.15, 0.2) is 34.3 Å². The van der Waals surface area contributed by atoms with Gasteiger partial charge in [0.1, 0.15) is 24.2 Å². The summed E-state index contributed by atoms with van der Waals surface area (Å²) in [7, 11) is 1.55. The van der Waals surface area contributed by atoms with Crippen LogP contribution in [-0.2, 0) is 52.8 Å². The van der Waals surface area contributed by atoms with E-state index in [9.17, 15) is 32.3 Å². The molecule has 2 aromatic heterocycles. The molecule has 4 saturated heterocycles. The molecule has 378 valence electrons. The first-order chi connectivity index (χ1) is 33.5. The van der Waals surface area contributed by atoms with Gasteiger partial charge in [-0.25, -0.2) is 10.4 Å². The fourth-order valence-corrected chi connectivity index (χ4v) is 12.5. The number of nitrogens with zero attached hydrogens (tertiary/aromatic N) is 6. The Bertz CT molecular complexity index is 2580. The maximum Gasteiger partial charge on any atom is 0.406 e. The van der Waals surface area contributed by atoms with Gasteiger partial charge < -0.3 is 34.3 Å². The Morgan fingerprint density at radius 3 is 2.61 bits per heavy atom. The molecule has 20 heteroatoms. The average Bonchev–Trinajstić information content (AvgIpc) is 3.71. The summed E-state index contributed by atoms with van der Waals surface area (Å²) in [6.07, 6.45) is 2.71. The normalized spacial score (nSPS) is 26.2. The predicted octanol–water partition coefficient (Wildman–Crippen LogP) is 5.03. The maximum atomic E-state index is 15.0. The molecule has 3 amide bonds. The second kappa shape index (κ2) is 19.4. The molecule has 3 aromatic rings. The first-order valence-corrected chi connectivity index (χ1v) is 25.8. The number of hydrogen-bond donors (Lipinski definition) is 3. The number of aliphatic imine (C=N–C) groups is 1. The number of likely N-dealkylation sites (tertiary alicyclic amines) is 1. The number of cyclic esters (lactones) is 1. The predicted molar refractivity (Wildman–Crippen MR) is 257 cm³/mol. The zero-order valence-corrected chi connectivity index (χ0v) is 41.2. The van der Waals surface area contributed by atoms with Crippen LogP contribution < -0.4 is 16.1 Å². The van der Waals surface area contributed by atoms with E-state index in [0.29, 0.717) is 121 Å². The number of aromatic nitrogens is 2. The number of hydrogen-bond acceptors (Lipinski definition) is 13. The number of nitrogens with one attached hydrogen (secondary N) is 3. The second-order valence-corrected chi connectivity index (χ2v) is 22.1. The largest absolute Gasteiger partial charge is 0.464 e. The minimum Gasteiger partial charge on any atom is -0.464 e. The van der Waals surface area contributed by atoms with Crippen molar-refractivity contribution >= 4 is 57.7 Å². The van der Waals surface area contributed by atoms with Crippen LogP contribution in [0.2, 0.25) is 0 Å². The second-order valence-electron chi connectivity index (χ2n) is 21.2. The van der Waals surface area contributed by atoms with Gasteiger partial charge in [-0.2, -0.15) is 13.2 Å². The van der Waals surface area contributed by atoms with Crippen LogP contribution >= 0.6 is 11.3 Å². The van der Waals surface area contributed by atoms with E-state index in [1.165, 1.54) is 20.9 Å². The van der Waals surface area contributed by atoms with E-state index < -0.39 is 59.8 Å². The summed E-state index contributed by atoms with van der Waals surface area (Å²) in [6, 6.07) is 2.81. The molecule has 3 N–H and O–H groups in total. The number of carbonyl (C=O) groups is 4. The number of halogens is 3. The van der Waals surface area contributed by atoms with E-state index in [4.69, 9.17) is 19.2 Å². The molecule has 1 spiro atoms. The van der Waals surface area contributed by atoms with Crippen LogP contribution in [0, 0.1) is 11.3 Å². The van der Waals surface area contributed by atoms with Gasteiger partial charge in [0.25, 0.3) is 5.91 Å². The van der Waals surface area contributed by atoms with Crippen molar-refractivity contribution in [1.82, 2.24) is 40.4 Å². The number of amides is 3. The Kier molecular flexibility index (Phi) is 13.5. The van der Waals surface area contributed by atoms with Gasteiger partial charge in [0.05, 0.1) is 66.6 Å². The molecule has 16 nitrogen and oxygen atoms in total. The van der Waals surface area contributed by atoms with Crippen LogP contribution in [0.25, 0.3) is 27.7 Å². The SMILES string of the molecule is CO[C@@H](C)C1=C(c2c3c4cc(ccc4n2CC(F)(F)F)-c2csc(n2)C[C@H](NC(=O)[C@H](C2CCCC2)N2CCOC4(CN(C(=O)[C@H]5CN5)C4)C2)C(=O)N2CCC[C@H](N2)C(=O)OCC(C)(C)C3)CCC=N1. The number of morpholine rings is 1. The lowest BCUT2D eigenvalue weighted by Crippen LogP contribution is -2.73. The summed E-state index contributed by atoms with van der Waals surface area (Å²) >= 11 is 1.34. The van der Waals surface area contributed by atoms with Gasteiger partial charge in [0.15, 0.2) is 0 Å². The lowest BCUT2D eigenvalue weighted by molar-refractivity contribution is -0.197. The highest BCUT2D eigenvalue weighted by Gasteiger charge is 2.53. The van der Waals surface area contributed by atoms with Gasteiger partial charge >= 0.3 is 12.1 Å². The quantitative estimate of drug-likeness (QED) is 0.193. The topological polar surface area (TPSA) is 182 Å². The molecule has 1 aromatic carbocycles. The number of thiazole rings is 1. The number of esters is 1. The van der Waals surface area contributed by atoms with Crippen LogP contribution in [0.1, 0.15) is 88.4 Å². The number of fused-ring (bicyclic) bond motifs is 6.